The van der Waals surface area contributed by atoms with Crippen LogP contribution in [0, 0.1) is 39.0 Å². The van der Waals surface area contributed by atoms with Crippen LogP contribution >= 0.6 is 0 Å². The molecule has 0 unspecified atom stereocenters. The van der Waals surface area contributed by atoms with Crippen LogP contribution in [0.5, 0.6) is 0 Å². The Kier molecular flexibility index (Phi) is 4.71. The van der Waals surface area contributed by atoms with Crippen molar-refractivity contribution in [3.05, 3.63) is 57.9 Å². The second-order valence-electron chi connectivity index (χ2n) is 5.83. The molecule has 0 radical (unpaired) electrons. The molecule has 2 rings (SSSR count). The summed E-state index contributed by atoms with van der Waals surface area (Å²) in [4.78, 5) is 12.4. The lowest BCUT2D eigenvalue weighted by molar-refractivity contribution is -0.112. The van der Waals surface area contributed by atoms with Gasteiger partial charge in [0.05, 0.1) is 0 Å². The number of carbonyl (C=O) groups excluding carboxylic acids is 1. The fourth-order valence-electron chi connectivity index (χ4n) is 2.48. The fourth-order valence-corrected chi connectivity index (χ4v) is 2.48. The summed E-state index contributed by atoms with van der Waals surface area (Å²) in [5.74, 6) is -0.389. The topological polar surface area (TPSA) is 57.8 Å². The summed E-state index contributed by atoms with van der Waals surface area (Å²) in [5, 5.41) is 12.1. The van der Waals surface area contributed by atoms with Gasteiger partial charge in [0.25, 0.3) is 5.91 Å². The lowest BCUT2D eigenvalue weighted by Gasteiger charge is -2.08. The lowest BCUT2D eigenvalue weighted by atomic mass is 10.1. The number of benzene rings is 1. The number of hydrogen-bond donors (Lipinski definition) is 1. The zero-order valence-corrected chi connectivity index (χ0v) is 14.2. The van der Waals surface area contributed by atoms with Gasteiger partial charge < -0.3 is 9.88 Å². The Labute approximate surface area is 137 Å². The molecule has 0 spiro atoms. The Morgan fingerprint density at radius 3 is 2.43 bits per heavy atom. The van der Waals surface area contributed by atoms with Gasteiger partial charge >= 0.3 is 0 Å². The van der Waals surface area contributed by atoms with Crippen molar-refractivity contribution >= 4 is 17.7 Å². The number of carbonyl (C=O) groups is 1. The van der Waals surface area contributed by atoms with E-state index < -0.39 is 0 Å². The van der Waals surface area contributed by atoms with Gasteiger partial charge in [-0.2, -0.15) is 5.26 Å². The molecular weight excluding hydrogens is 286 g/mol. The van der Waals surface area contributed by atoms with Crippen molar-refractivity contribution in [3.8, 4) is 6.07 Å². The van der Waals surface area contributed by atoms with E-state index in [1.807, 2.05) is 69.6 Å². The van der Waals surface area contributed by atoms with Crippen molar-refractivity contribution in [2.24, 2.45) is 7.05 Å². The quantitative estimate of drug-likeness (QED) is 0.692. The summed E-state index contributed by atoms with van der Waals surface area (Å²) in [7, 11) is 1.96. The number of anilines is 1. The third-order valence-corrected chi connectivity index (χ3v) is 4.11. The highest BCUT2D eigenvalue weighted by Gasteiger charge is 2.13. The molecule has 0 saturated carbocycles. The Hall–Kier alpha value is -2.80. The Morgan fingerprint density at radius 2 is 1.91 bits per heavy atom. The zero-order valence-electron chi connectivity index (χ0n) is 14.2. The summed E-state index contributed by atoms with van der Waals surface area (Å²) in [6.07, 6.45) is 1.64. The van der Waals surface area contributed by atoms with Gasteiger partial charge in [0.1, 0.15) is 11.6 Å². The maximum absolute atomic E-state index is 12.4. The molecule has 118 valence electrons. The molecule has 2 aromatic rings. The molecule has 23 heavy (non-hydrogen) atoms. The van der Waals surface area contributed by atoms with Crippen LogP contribution < -0.4 is 5.32 Å². The summed E-state index contributed by atoms with van der Waals surface area (Å²) in [5.41, 5.74) is 5.92. The van der Waals surface area contributed by atoms with E-state index in [4.69, 9.17) is 0 Å². The SMILES string of the molecule is Cc1ccc(NC(=O)/C(C#N)=C\c2cc(C)n(C)c2C)c(C)c1. The molecule has 0 saturated heterocycles. The van der Waals surface area contributed by atoms with E-state index in [1.165, 1.54) is 0 Å². The normalized spacial score (nSPS) is 11.2. The van der Waals surface area contributed by atoms with Crippen LogP contribution in [0.2, 0.25) is 0 Å². The highest BCUT2D eigenvalue weighted by molar-refractivity contribution is 6.10. The molecule has 0 fully saturated rings. The van der Waals surface area contributed by atoms with Gasteiger partial charge in [-0.1, -0.05) is 17.7 Å². The second kappa shape index (κ2) is 6.53. The van der Waals surface area contributed by atoms with Crippen molar-refractivity contribution in [2.45, 2.75) is 27.7 Å². The average Bonchev–Trinajstić information content (AvgIpc) is 2.74. The van der Waals surface area contributed by atoms with Crippen LogP contribution in [0.4, 0.5) is 5.69 Å². The van der Waals surface area contributed by atoms with E-state index in [9.17, 15) is 10.1 Å². The van der Waals surface area contributed by atoms with Crippen molar-refractivity contribution in [1.29, 1.82) is 5.26 Å². The molecule has 0 atom stereocenters. The Bertz CT molecular complexity index is 835. The fraction of sp³-hybridized carbons (Fsp3) is 0.263. The third-order valence-electron chi connectivity index (χ3n) is 4.11. The van der Waals surface area contributed by atoms with Crippen molar-refractivity contribution in [3.63, 3.8) is 0 Å². The Balaban J connectivity index is 2.30. The zero-order chi connectivity index (χ0) is 17.1. The summed E-state index contributed by atoms with van der Waals surface area (Å²) in [6.45, 7) is 7.89. The number of aryl methyl sites for hydroxylation is 3. The van der Waals surface area contributed by atoms with Gasteiger partial charge in [0.15, 0.2) is 0 Å². The van der Waals surface area contributed by atoms with Gasteiger partial charge in [0.2, 0.25) is 0 Å². The lowest BCUT2D eigenvalue weighted by Crippen LogP contribution is -2.14. The molecule has 1 aromatic carbocycles. The van der Waals surface area contributed by atoms with Crippen LogP contribution in [-0.2, 0) is 11.8 Å². The monoisotopic (exact) mass is 307 g/mol. The minimum Gasteiger partial charge on any atom is -0.352 e. The first-order chi connectivity index (χ1) is 10.8. The van der Waals surface area contributed by atoms with Gasteiger partial charge in [0, 0.05) is 24.1 Å². The minimum absolute atomic E-state index is 0.0960. The molecule has 0 bridgehead atoms. The maximum Gasteiger partial charge on any atom is 0.266 e. The number of nitrogens with zero attached hydrogens (tertiary/aromatic N) is 2. The summed E-state index contributed by atoms with van der Waals surface area (Å²) >= 11 is 0. The predicted octanol–water partition coefficient (Wildman–Crippen LogP) is 3.80. The Morgan fingerprint density at radius 1 is 1.22 bits per heavy atom. The van der Waals surface area contributed by atoms with Crippen LogP contribution in [0.3, 0.4) is 0 Å². The standard InChI is InChI=1S/C19H21N3O/c1-12-6-7-18(13(2)8-12)21-19(23)17(11-20)10-16-9-14(3)22(5)15(16)4/h6-10H,1-5H3,(H,21,23)/b17-10-. The van der Waals surface area contributed by atoms with E-state index in [-0.39, 0.29) is 11.5 Å². The van der Waals surface area contributed by atoms with Crippen molar-refractivity contribution < 1.29 is 4.79 Å². The third kappa shape index (κ3) is 3.51. The molecule has 1 aromatic heterocycles. The molecule has 1 heterocycles. The van der Waals surface area contributed by atoms with E-state index in [1.54, 1.807) is 6.08 Å². The average molecular weight is 307 g/mol. The first kappa shape index (κ1) is 16.6. The molecule has 0 aliphatic heterocycles. The smallest absolute Gasteiger partial charge is 0.266 e. The van der Waals surface area contributed by atoms with E-state index >= 15 is 0 Å². The number of amides is 1. The predicted molar refractivity (Wildman–Crippen MR) is 93.0 cm³/mol. The van der Waals surface area contributed by atoms with Crippen molar-refractivity contribution in [1.82, 2.24) is 4.57 Å². The van der Waals surface area contributed by atoms with Gasteiger partial charge in [-0.25, -0.2) is 0 Å². The molecule has 1 amide bonds. The first-order valence-corrected chi connectivity index (χ1v) is 7.46. The number of nitrogens with one attached hydrogen (secondary N) is 1. The highest BCUT2D eigenvalue weighted by Crippen LogP contribution is 2.19. The van der Waals surface area contributed by atoms with E-state index in [2.05, 4.69) is 5.32 Å². The second-order valence-corrected chi connectivity index (χ2v) is 5.83. The van der Waals surface area contributed by atoms with E-state index in [0.29, 0.717) is 0 Å². The molecule has 0 aliphatic rings. The molecule has 0 aliphatic carbocycles. The maximum atomic E-state index is 12.4. The van der Waals surface area contributed by atoms with Crippen molar-refractivity contribution in [2.75, 3.05) is 5.32 Å². The van der Waals surface area contributed by atoms with Gasteiger partial charge in [-0.3, -0.25) is 4.79 Å². The summed E-state index contributed by atoms with van der Waals surface area (Å²) < 4.78 is 2.03. The van der Waals surface area contributed by atoms with Crippen LogP contribution in [0.15, 0.2) is 29.8 Å². The highest BCUT2D eigenvalue weighted by atomic mass is 16.1. The number of rotatable bonds is 3. The number of hydrogen-bond acceptors (Lipinski definition) is 2. The van der Waals surface area contributed by atoms with E-state index in [0.717, 1.165) is 33.8 Å². The molecule has 1 N–H and O–H groups in total. The summed E-state index contributed by atoms with van der Waals surface area (Å²) in [6, 6.07) is 9.75. The number of aromatic nitrogens is 1. The van der Waals surface area contributed by atoms with Crippen LogP contribution in [0.25, 0.3) is 6.08 Å². The minimum atomic E-state index is -0.389. The van der Waals surface area contributed by atoms with Gasteiger partial charge in [-0.15, -0.1) is 0 Å². The number of nitriles is 1. The van der Waals surface area contributed by atoms with Crippen LogP contribution in [-0.4, -0.2) is 10.5 Å². The van der Waals surface area contributed by atoms with Crippen LogP contribution in [0.1, 0.15) is 28.1 Å². The molecular formula is C19H21N3O. The first-order valence-electron chi connectivity index (χ1n) is 7.46. The molecule has 4 heteroatoms. The molecule has 4 nitrogen and oxygen atoms in total. The largest absolute Gasteiger partial charge is 0.352 e. The van der Waals surface area contributed by atoms with Gasteiger partial charge in [-0.05, 0) is 57.0 Å².